The van der Waals surface area contributed by atoms with Crippen LogP contribution in [0.15, 0.2) is 48.9 Å². The minimum Gasteiger partial charge on any atom is -0.351 e. The first-order valence-corrected chi connectivity index (χ1v) is 8.79. The van der Waals surface area contributed by atoms with Gasteiger partial charge in [-0.15, -0.1) is 0 Å². The smallest absolute Gasteiger partial charge is 0.325 e. The van der Waals surface area contributed by atoms with Gasteiger partial charge in [-0.25, -0.2) is 14.8 Å². The minimum absolute atomic E-state index is 0.0394. The molecular formula is C19H20N6O2. The number of amides is 3. The van der Waals surface area contributed by atoms with Crippen LogP contribution in [0.5, 0.6) is 0 Å². The first-order valence-electron chi connectivity index (χ1n) is 8.79. The lowest BCUT2D eigenvalue weighted by atomic mass is 10.2. The Balaban J connectivity index is 1.39. The molecule has 2 aromatic heterocycles. The Morgan fingerprint density at radius 3 is 2.52 bits per heavy atom. The van der Waals surface area contributed by atoms with E-state index in [4.69, 9.17) is 0 Å². The van der Waals surface area contributed by atoms with Crippen molar-refractivity contribution in [2.75, 3.05) is 38.1 Å². The number of piperazine rings is 1. The van der Waals surface area contributed by atoms with Crippen molar-refractivity contribution in [1.29, 1.82) is 0 Å². The number of hydrogen-bond donors (Lipinski definition) is 1. The van der Waals surface area contributed by atoms with Gasteiger partial charge >= 0.3 is 6.03 Å². The van der Waals surface area contributed by atoms with Crippen LogP contribution in [0.1, 0.15) is 10.5 Å². The van der Waals surface area contributed by atoms with Gasteiger partial charge in [0.1, 0.15) is 17.8 Å². The predicted molar refractivity (Wildman–Crippen MR) is 102 cm³/mol. The highest BCUT2D eigenvalue weighted by atomic mass is 16.2. The number of carbonyl (C=O) groups is 2. The summed E-state index contributed by atoms with van der Waals surface area (Å²) in [6.07, 6.45) is 3.01. The Kier molecular flexibility index (Phi) is 4.45. The molecule has 0 unspecified atom stereocenters. The number of benzene rings is 1. The highest BCUT2D eigenvalue weighted by Gasteiger charge is 2.27. The van der Waals surface area contributed by atoms with Gasteiger partial charge in [0, 0.05) is 50.3 Å². The lowest BCUT2D eigenvalue weighted by Crippen LogP contribution is -2.53. The van der Waals surface area contributed by atoms with E-state index in [1.54, 1.807) is 29.1 Å². The molecule has 1 fully saturated rings. The normalized spacial score (nSPS) is 14.4. The second-order valence-electron chi connectivity index (χ2n) is 6.46. The zero-order valence-electron chi connectivity index (χ0n) is 15.0. The lowest BCUT2D eigenvalue weighted by Gasteiger charge is -2.36. The van der Waals surface area contributed by atoms with E-state index in [1.807, 2.05) is 30.3 Å². The second kappa shape index (κ2) is 7.06. The summed E-state index contributed by atoms with van der Waals surface area (Å²) in [5.41, 5.74) is 1.52. The molecule has 138 valence electrons. The SMILES string of the molecule is CN(C(=O)N1CCN(C(=O)c2cc3ccccc3[nH]2)CC1)c1ccncn1. The van der Waals surface area contributed by atoms with Gasteiger partial charge in [0.05, 0.1) is 0 Å². The molecule has 3 aromatic rings. The van der Waals surface area contributed by atoms with E-state index in [9.17, 15) is 9.59 Å². The molecule has 1 aromatic carbocycles. The fourth-order valence-electron chi connectivity index (χ4n) is 3.25. The van der Waals surface area contributed by atoms with Crippen LogP contribution in [0.3, 0.4) is 0 Å². The van der Waals surface area contributed by atoms with Crippen LogP contribution in [0, 0.1) is 0 Å². The summed E-state index contributed by atoms with van der Waals surface area (Å²) < 4.78 is 0. The molecule has 1 N–H and O–H groups in total. The van der Waals surface area contributed by atoms with Gasteiger partial charge in [-0.3, -0.25) is 9.69 Å². The summed E-state index contributed by atoms with van der Waals surface area (Å²) in [5.74, 6) is 0.508. The molecule has 8 nitrogen and oxygen atoms in total. The van der Waals surface area contributed by atoms with Crippen LogP contribution in [-0.4, -0.2) is 69.9 Å². The average Bonchev–Trinajstić information content (AvgIpc) is 3.17. The van der Waals surface area contributed by atoms with Crippen LogP contribution >= 0.6 is 0 Å². The Morgan fingerprint density at radius 2 is 1.81 bits per heavy atom. The van der Waals surface area contributed by atoms with E-state index in [1.165, 1.54) is 11.2 Å². The number of carbonyl (C=O) groups excluding carboxylic acids is 2. The molecule has 1 aliphatic heterocycles. The molecule has 4 rings (SSSR count). The summed E-state index contributed by atoms with van der Waals surface area (Å²) in [4.78, 5) is 41.5. The van der Waals surface area contributed by atoms with Crippen LogP contribution in [0.4, 0.5) is 10.6 Å². The molecule has 1 saturated heterocycles. The molecule has 0 atom stereocenters. The quantitative estimate of drug-likeness (QED) is 0.753. The number of para-hydroxylation sites is 1. The van der Waals surface area contributed by atoms with Crippen molar-refractivity contribution in [2.24, 2.45) is 0 Å². The Bertz CT molecular complexity index is 930. The maximum atomic E-state index is 12.8. The summed E-state index contributed by atoms with van der Waals surface area (Å²) >= 11 is 0. The Morgan fingerprint density at radius 1 is 1.07 bits per heavy atom. The van der Waals surface area contributed by atoms with Crippen molar-refractivity contribution in [3.05, 3.63) is 54.6 Å². The van der Waals surface area contributed by atoms with Gasteiger partial charge in [-0.1, -0.05) is 18.2 Å². The van der Waals surface area contributed by atoms with E-state index in [0.717, 1.165) is 10.9 Å². The first-order chi connectivity index (χ1) is 13.1. The first kappa shape index (κ1) is 17.0. The molecule has 27 heavy (non-hydrogen) atoms. The summed E-state index contributed by atoms with van der Waals surface area (Å²) in [6, 6.07) is 11.2. The number of rotatable bonds is 2. The number of aromatic amines is 1. The van der Waals surface area contributed by atoms with Crippen LogP contribution in [0.25, 0.3) is 10.9 Å². The third-order valence-electron chi connectivity index (χ3n) is 4.79. The Labute approximate surface area is 156 Å². The molecule has 0 saturated carbocycles. The molecule has 0 aliphatic carbocycles. The van der Waals surface area contributed by atoms with Crippen LogP contribution < -0.4 is 4.90 Å². The molecule has 3 heterocycles. The molecule has 3 amide bonds. The second-order valence-corrected chi connectivity index (χ2v) is 6.46. The maximum absolute atomic E-state index is 12.8. The summed E-state index contributed by atoms with van der Waals surface area (Å²) in [7, 11) is 1.69. The molecular weight excluding hydrogens is 344 g/mol. The van der Waals surface area contributed by atoms with Crippen molar-refractivity contribution < 1.29 is 9.59 Å². The fourth-order valence-corrected chi connectivity index (χ4v) is 3.25. The van der Waals surface area contributed by atoms with Crippen LogP contribution in [-0.2, 0) is 0 Å². The molecule has 1 aliphatic rings. The standard InChI is InChI=1S/C19H20N6O2/c1-23(17-6-7-20-13-21-17)19(27)25-10-8-24(9-11-25)18(26)16-12-14-4-2-3-5-15(14)22-16/h2-7,12-13,22H,8-11H2,1H3. The average molecular weight is 364 g/mol. The van der Waals surface area contributed by atoms with Crippen molar-refractivity contribution in [3.63, 3.8) is 0 Å². The van der Waals surface area contributed by atoms with E-state index < -0.39 is 0 Å². The lowest BCUT2D eigenvalue weighted by molar-refractivity contribution is 0.0664. The third-order valence-corrected chi connectivity index (χ3v) is 4.79. The van der Waals surface area contributed by atoms with E-state index >= 15 is 0 Å². The molecule has 0 radical (unpaired) electrons. The van der Waals surface area contributed by atoms with Crippen molar-refractivity contribution in [3.8, 4) is 0 Å². The summed E-state index contributed by atoms with van der Waals surface area (Å²) in [6.45, 7) is 1.97. The molecule has 0 bridgehead atoms. The highest BCUT2D eigenvalue weighted by molar-refractivity contribution is 5.98. The number of aromatic nitrogens is 3. The van der Waals surface area contributed by atoms with Gasteiger partial charge in [-0.2, -0.15) is 0 Å². The topological polar surface area (TPSA) is 85.4 Å². The number of hydrogen-bond acceptors (Lipinski definition) is 4. The minimum atomic E-state index is -0.133. The van der Waals surface area contributed by atoms with Gasteiger partial charge in [-0.05, 0) is 18.2 Å². The number of fused-ring (bicyclic) bond motifs is 1. The number of nitrogens with zero attached hydrogens (tertiary/aromatic N) is 5. The molecule has 0 spiro atoms. The van der Waals surface area contributed by atoms with Gasteiger partial charge in [0.2, 0.25) is 0 Å². The van der Waals surface area contributed by atoms with Crippen LogP contribution in [0.2, 0.25) is 0 Å². The van der Waals surface area contributed by atoms with E-state index in [2.05, 4.69) is 15.0 Å². The van der Waals surface area contributed by atoms with Crippen molar-refractivity contribution >= 4 is 28.7 Å². The predicted octanol–water partition coefficient (Wildman–Crippen LogP) is 1.97. The maximum Gasteiger partial charge on any atom is 0.325 e. The van der Waals surface area contributed by atoms with E-state index in [-0.39, 0.29) is 11.9 Å². The van der Waals surface area contributed by atoms with Gasteiger partial charge in [0.15, 0.2) is 0 Å². The third kappa shape index (κ3) is 3.33. The highest BCUT2D eigenvalue weighted by Crippen LogP contribution is 2.17. The Hall–Kier alpha value is -3.42. The monoisotopic (exact) mass is 364 g/mol. The van der Waals surface area contributed by atoms with Crippen molar-refractivity contribution in [1.82, 2.24) is 24.8 Å². The van der Waals surface area contributed by atoms with Crippen molar-refractivity contribution in [2.45, 2.75) is 0 Å². The summed E-state index contributed by atoms with van der Waals surface area (Å²) in [5, 5.41) is 1.01. The number of nitrogens with one attached hydrogen (secondary N) is 1. The van der Waals surface area contributed by atoms with Gasteiger partial charge in [0.25, 0.3) is 5.91 Å². The molecule has 8 heteroatoms. The zero-order chi connectivity index (χ0) is 18.8. The largest absolute Gasteiger partial charge is 0.351 e. The number of anilines is 1. The fraction of sp³-hybridized carbons (Fsp3) is 0.263. The van der Waals surface area contributed by atoms with Gasteiger partial charge < -0.3 is 14.8 Å². The van der Waals surface area contributed by atoms with E-state index in [0.29, 0.717) is 37.7 Å². The number of urea groups is 1. The zero-order valence-corrected chi connectivity index (χ0v) is 15.0. The number of H-pyrrole nitrogens is 1.